The zero-order chi connectivity index (χ0) is 19.9. The van der Waals surface area contributed by atoms with Crippen LogP contribution in [0.25, 0.3) is 0 Å². The maximum Gasteiger partial charge on any atom is 0.248 e. The number of aromatic nitrogens is 2. The van der Waals surface area contributed by atoms with Gasteiger partial charge in [-0.1, -0.05) is 49.4 Å². The van der Waals surface area contributed by atoms with Gasteiger partial charge in [0.25, 0.3) is 0 Å². The van der Waals surface area contributed by atoms with Crippen LogP contribution in [0.1, 0.15) is 41.3 Å². The third kappa shape index (κ3) is 3.01. The lowest BCUT2D eigenvalue weighted by atomic mass is 9.69. The summed E-state index contributed by atoms with van der Waals surface area (Å²) in [5, 5.41) is 10.9. The monoisotopic (exact) mass is 394 g/mol. The van der Waals surface area contributed by atoms with Crippen molar-refractivity contribution < 1.29 is 14.3 Å². The van der Waals surface area contributed by atoms with Gasteiger partial charge < -0.3 is 15.8 Å². The third-order valence-corrected chi connectivity index (χ3v) is 5.55. The first-order valence-electron chi connectivity index (χ1n) is 8.66. The number of hydrogen-bond acceptors (Lipinski definition) is 6. The molecule has 1 aromatic heterocycles. The normalized spacial score (nSPS) is 15.1. The van der Waals surface area contributed by atoms with Crippen LogP contribution in [0.5, 0.6) is 11.5 Å². The zero-order valence-corrected chi connectivity index (χ0v) is 16.1. The van der Waals surface area contributed by atoms with Crippen LogP contribution in [0.4, 0.5) is 5.13 Å². The number of fused-ring (bicyclic) bond motifs is 2. The summed E-state index contributed by atoms with van der Waals surface area (Å²) in [6, 6.07) is 12.7. The van der Waals surface area contributed by atoms with Crippen molar-refractivity contribution >= 4 is 28.3 Å². The first-order chi connectivity index (χ1) is 13.4. The predicted molar refractivity (Wildman–Crippen MR) is 106 cm³/mol. The molecule has 1 aliphatic heterocycles. The predicted octanol–water partition coefficient (Wildman–Crippen LogP) is 3.54. The number of amides is 2. The van der Waals surface area contributed by atoms with Gasteiger partial charge in [-0.05, 0) is 18.2 Å². The molecule has 2 heterocycles. The van der Waals surface area contributed by atoms with Gasteiger partial charge in [-0.25, -0.2) is 0 Å². The van der Waals surface area contributed by atoms with E-state index in [-0.39, 0.29) is 11.8 Å². The van der Waals surface area contributed by atoms with Crippen molar-refractivity contribution in [2.75, 3.05) is 5.32 Å². The second-order valence-electron chi connectivity index (χ2n) is 7.11. The topological polar surface area (TPSA) is 107 Å². The number of primary amides is 1. The van der Waals surface area contributed by atoms with Gasteiger partial charge in [0.15, 0.2) is 0 Å². The summed E-state index contributed by atoms with van der Waals surface area (Å²) in [5.74, 6) is 0.170. The smallest absolute Gasteiger partial charge is 0.248 e. The maximum atomic E-state index is 13.1. The van der Waals surface area contributed by atoms with Gasteiger partial charge in [-0.2, -0.15) is 0 Å². The summed E-state index contributed by atoms with van der Waals surface area (Å²) in [6.45, 7) is 3.75. The summed E-state index contributed by atoms with van der Waals surface area (Å²) < 4.78 is 6.02. The van der Waals surface area contributed by atoms with Crippen LogP contribution in [0.3, 0.4) is 0 Å². The van der Waals surface area contributed by atoms with Gasteiger partial charge in [-0.3, -0.25) is 9.59 Å². The van der Waals surface area contributed by atoms with Crippen molar-refractivity contribution in [2.45, 2.75) is 19.8 Å². The average Bonchev–Trinajstić information content (AvgIpc) is 3.18. The minimum absolute atomic E-state index is 0.184. The van der Waals surface area contributed by atoms with Crippen molar-refractivity contribution in [1.82, 2.24) is 10.2 Å². The summed E-state index contributed by atoms with van der Waals surface area (Å²) in [7, 11) is 0. The molecule has 0 fully saturated rings. The Kier molecular flexibility index (Phi) is 4.35. The molecule has 3 N–H and O–H groups in total. The molecule has 0 saturated carbocycles. The van der Waals surface area contributed by atoms with E-state index in [0.29, 0.717) is 22.2 Å². The van der Waals surface area contributed by atoms with Crippen LogP contribution in [-0.4, -0.2) is 22.0 Å². The SMILES string of the molecule is CC(C)(C(=O)Nc1nncs1)C1c2ccccc2Oc2cc(C(N)=O)ccc21. The molecule has 0 aliphatic carbocycles. The highest BCUT2D eigenvalue weighted by Gasteiger charge is 2.43. The number of para-hydroxylation sites is 1. The molecule has 1 aliphatic rings. The average molecular weight is 394 g/mol. The lowest BCUT2D eigenvalue weighted by Crippen LogP contribution is -2.38. The summed E-state index contributed by atoms with van der Waals surface area (Å²) in [4.78, 5) is 24.7. The lowest BCUT2D eigenvalue weighted by molar-refractivity contribution is -0.124. The second kappa shape index (κ2) is 6.72. The van der Waals surface area contributed by atoms with Crippen LogP contribution < -0.4 is 15.8 Å². The molecule has 1 unspecified atom stereocenters. The van der Waals surface area contributed by atoms with Gasteiger partial charge >= 0.3 is 0 Å². The molecule has 1 atom stereocenters. The molecule has 28 heavy (non-hydrogen) atoms. The zero-order valence-electron chi connectivity index (χ0n) is 15.3. The quantitative estimate of drug-likeness (QED) is 0.704. The fraction of sp³-hybridized carbons (Fsp3) is 0.200. The van der Waals surface area contributed by atoms with E-state index in [1.807, 2.05) is 38.1 Å². The largest absolute Gasteiger partial charge is 0.457 e. The third-order valence-electron chi connectivity index (χ3n) is 4.95. The van der Waals surface area contributed by atoms with Crippen molar-refractivity contribution in [3.8, 4) is 11.5 Å². The molecule has 142 valence electrons. The number of rotatable bonds is 4. The number of nitrogens with zero attached hydrogens (tertiary/aromatic N) is 2. The minimum Gasteiger partial charge on any atom is -0.457 e. The Morgan fingerprint density at radius 2 is 1.89 bits per heavy atom. The van der Waals surface area contributed by atoms with E-state index in [2.05, 4.69) is 15.5 Å². The van der Waals surface area contributed by atoms with Gasteiger partial charge in [-0.15, -0.1) is 10.2 Å². The van der Waals surface area contributed by atoms with E-state index >= 15 is 0 Å². The van der Waals surface area contributed by atoms with Crippen LogP contribution in [0.2, 0.25) is 0 Å². The van der Waals surface area contributed by atoms with E-state index in [0.717, 1.165) is 11.1 Å². The number of nitrogens with one attached hydrogen (secondary N) is 1. The molecule has 4 rings (SSSR count). The van der Waals surface area contributed by atoms with E-state index in [9.17, 15) is 9.59 Å². The summed E-state index contributed by atoms with van der Waals surface area (Å²) in [5.41, 5.74) is 8.22. The Labute approximate surface area is 165 Å². The summed E-state index contributed by atoms with van der Waals surface area (Å²) >= 11 is 1.26. The van der Waals surface area contributed by atoms with Crippen LogP contribution in [0, 0.1) is 5.41 Å². The number of carbonyl (C=O) groups excluding carboxylic acids is 2. The fourth-order valence-corrected chi connectivity index (χ4v) is 3.95. The number of anilines is 1. The highest BCUT2D eigenvalue weighted by atomic mass is 32.1. The highest BCUT2D eigenvalue weighted by molar-refractivity contribution is 7.13. The van der Waals surface area contributed by atoms with E-state index < -0.39 is 11.3 Å². The van der Waals surface area contributed by atoms with Gasteiger partial charge in [0.1, 0.15) is 17.0 Å². The van der Waals surface area contributed by atoms with Gasteiger partial charge in [0.05, 0.1) is 5.41 Å². The molecule has 0 radical (unpaired) electrons. The van der Waals surface area contributed by atoms with Crippen molar-refractivity contribution in [1.29, 1.82) is 0 Å². The Balaban J connectivity index is 1.81. The molecular formula is C20H18N4O3S. The van der Waals surface area contributed by atoms with Crippen molar-refractivity contribution in [2.24, 2.45) is 11.1 Å². The number of ether oxygens (including phenoxy) is 1. The first-order valence-corrected chi connectivity index (χ1v) is 9.54. The first kappa shape index (κ1) is 18.1. The highest BCUT2D eigenvalue weighted by Crippen LogP contribution is 2.52. The van der Waals surface area contributed by atoms with E-state index in [4.69, 9.17) is 10.5 Å². The van der Waals surface area contributed by atoms with Crippen LogP contribution in [-0.2, 0) is 4.79 Å². The van der Waals surface area contributed by atoms with Gasteiger partial charge in [0.2, 0.25) is 16.9 Å². The molecule has 0 saturated heterocycles. The second-order valence-corrected chi connectivity index (χ2v) is 7.94. The molecule has 0 bridgehead atoms. The Bertz CT molecular complexity index is 1060. The summed E-state index contributed by atoms with van der Waals surface area (Å²) in [6.07, 6.45) is 0. The van der Waals surface area contributed by atoms with Crippen LogP contribution in [0.15, 0.2) is 48.0 Å². The standard InChI is InChI=1S/C20H18N4O3S/c1-20(2,18(26)23-19-24-22-10-28-19)16-12-5-3-4-6-14(12)27-15-9-11(17(21)25)7-8-13(15)16/h3-10,16H,1-2H3,(H2,21,25)(H,23,24,26). The van der Waals surface area contributed by atoms with Crippen molar-refractivity contribution in [3.63, 3.8) is 0 Å². The molecular weight excluding hydrogens is 376 g/mol. The van der Waals surface area contributed by atoms with Gasteiger partial charge in [0, 0.05) is 22.6 Å². The molecule has 8 heteroatoms. The number of nitrogens with two attached hydrogens (primary N) is 1. The Morgan fingerprint density at radius 1 is 1.14 bits per heavy atom. The van der Waals surface area contributed by atoms with Crippen molar-refractivity contribution in [3.05, 3.63) is 64.7 Å². The van der Waals surface area contributed by atoms with Crippen LogP contribution >= 0.6 is 11.3 Å². The molecule has 0 spiro atoms. The lowest BCUT2D eigenvalue weighted by Gasteiger charge is -2.38. The Hall–Kier alpha value is -3.26. The number of benzene rings is 2. The number of hydrogen-bond donors (Lipinski definition) is 2. The van der Waals surface area contributed by atoms with E-state index in [1.54, 1.807) is 23.7 Å². The molecule has 3 aromatic rings. The maximum absolute atomic E-state index is 13.1. The Morgan fingerprint density at radius 3 is 2.61 bits per heavy atom. The van der Waals surface area contributed by atoms with E-state index in [1.165, 1.54) is 11.3 Å². The molecule has 7 nitrogen and oxygen atoms in total. The fourth-order valence-electron chi connectivity index (χ4n) is 3.51. The molecule has 2 amide bonds. The molecule has 2 aromatic carbocycles. The number of carbonyl (C=O) groups is 2. The minimum atomic E-state index is -0.839.